The van der Waals surface area contributed by atoms with Crippen molar-refractivity contribution < 1.29 is 58.5 Å². The highest BCUT2D eigenvalue weighted by molar-refractivity contribution is 8.76. The van der Waals surface area contributed by atoms with Gasteiger partial charge >= 0.3 is 24.1 Å². The number of nitrogens with zero attached hydrogens (tertiary/aromatic N) is 1. The largest absolute Gasteiger partial charge is 0.494 e. The maximum absolute atomic E-state index is 13.4. The Bertz CT molecular complexity index is 1400. The normalized spacial score (nSPS) is 27.1. The fourth-order valence-corrected chi connectivity index (χ4v) is 12.2. The lowest BCUT2D eigenvalue weighted by atomic mass is 9.55. The Morgan fingerprint density at radius 3 is 2.27 bits per heavy atom. The predicted molar refractivity (Wildman–Crippen MR) is 201 cm³/mol. The number of carbonyl (C=O) groups is 1. The van der Waals surface area contributed by atoms with Crippen molar-refractivity contribution in [3.63, 3.8) is 0 Å². The van der Waals surface area contributed by atoms with Gasteiger partial charge in [0.05, 0.1) is 19.3 Å². The van der Waals surface area contributed by atoms with Crippen LogP contribution in [0.25, 0.3) is 0 Å². The highest BCUT2D eigenvalue weighted by Crippen LogP contribution is 2.62. The van der Waals surface area contributed by atoms with Gasteiger partial charge in [0.25, 0.3) is 0 Å². The molecule has 320 valence electrons. The first-order chi connectivity index (χ1) is 26.3. The summed E-state index contributed by atoms with van der Waals surface area (Å²) in [6, 6.07) is 6.57. The van der Waals surface area contributed by atoms with Gasteiger partial charge in [-0.2, -0.15) is 39.5 Å². The minimum Gasteiger partial charge on any atom is -0.494 e. The molecule has 1 aromatic rings. The molecule has 0 aromatic heterocycles. The minimum atomic E-state index is -6.74. The minimum absolute atomic E-state index is 0.212. The van der Waals surface area contributed by atoms with Crippen LogP contribution in [-0.4, -0.2) is 85.0 Å². The third-order valence-corrected chi connectivity index (χ3v) is 15.1. The van der Waals surface area contributed by atoms with Gasteiger partial charge in [0.15, 0.2) is 0 Å². The highest BCUT2D eigenvalue weighted by Gasteiger charge is 2.85. The van der Waals surface area contributed by atoms with Crippen LogP contribution in [0.4, 0.5) is 39.5 Å². The molecule has 5 rings (SSSR count). The molecule has 0 spiro atoms. The summed E-state index contributed by atoms with van der Waals surface area (Å²) >= 11 is 0. The molecule has 1 aliphatic heterocycles. The van der Waals surface area contributed by atoms with Crippen molar-refractivity contribution in [1.82, 2.24) is 4.90 Å². The number of halogens is 9. The van der Waals surface area contributed by atoms with Crippen LogP contribution in [0, 0.1) is 23.2 Å². The van der Waals surface area contributed by atoms with E-state index in [1.54, 1.807) is 0 Å². The van der Waals surface area contributed by atoms with Crippen LogP contribution >= 0.6 is 21.6 Å². The average molecular weight is 850 g/mol. The third-order valence-electron chi connectivity index (χ3n) is 12.6. The number of fused-ring (bicyclic) bond motifs is 5. The fourth-order valence-electron chi connectivity index (χ4n) is 9.71. The number of hydrogen-bond donors (Lipinski definition) is 0. The summed E-state index contributed by atoms with van der Waals surface area (Å²) in [4.78, 5) is 15.5. The quantitative estimate of drug-likeness (QED) is 0.0884. The molecule has 1 heterocycles. The summed E-state index contributed by atoms with van der Waals surface area (Å²) in [6.45, 7) is 6.09. The van der Waals surface area contributed by atoms with Crippen molar-refractivity contribution in [2.45, 2.75) is 146 Å². The van der Waals surface area contributed by atoms with Crippen molar-refractivity contribution in [3.8, 4) is 5.75 Å². The molecule has 0 radical (unpaired) electrons. The number of ether oxygens (including phenoxy) is 3. The van der Waals surface area contributed by atoms with Gasteiger partial charge in [0.1, 0.15) is 5.75 Å². The van der Waals surface area contributed by atoms with E-state index in [2.05, 4.69) is 42.5 Å². The van der Waals surface area contributed by atoms with Crippen molar-refractivity contribution in [2.75, 3.05) is 37.9 Å². The molecule has 3 aliphatic carbocycles. The number of rotatable bonds is 17. The van der Waals surface area contributed by atoms with Crippen LogP contribution in [0.2, 0.25) is 0 Å². The Labute approximate surface area is 332 Å². The number of hydrogen-bond acceptors (Lipinski definition) is 6. The molecule has 4 aliphatic rings. The van der Waals surface area contributed by atoms with E-state index in [-0.39, 0.29) is 30.0 Å². The van der Waals surface area contributed by atoms with Gasteiger partial charge < -0.3 is 19.1 Å². The molecular formula is C40H56F9NO4S2. The lowest BCUT2D eigenvalue weighted by molar-refractivity contribution is -0.457. The zero-order chi connectivity index (χ0) is 40.9. The second-order valence-corrected chi connectivity index (χ2v) is 19.2. The smallest absolute Gasteiger partial charge is 0.435 e. The average Bonchev–Trinajstić information content (AvgIpc) is 3.45. The topological polar surface area (TPSA) is 48.0 Å². The summed E-state index contributed by atoms with van der Waals surface area (Å²) in [5.41, 5.74) is -3.98. The van der Waals surface area contributed by atoms with Crippen LogP contribution in [0.5, 0.6) is 5.75 Å². The molecule has 1 amide bonds. The molecule has 56 heavy (non-hydrogen) atoms. The van der Waals surface area contributed by atoms with E-state index in [0.29, 0.717) is 49.7 Å². The molecule has 1 aromatic carbocycles. The van der Waals surface area contributed by atoms with E-state index in [0.717, 1.165) is 75.2 Å². The van der Waals surface area contributed by atoms with E-state index < -0.39 is 37.2 Å². The SMILES string of the molecule is CC(C)CCCCN(C(=O)CCCOc1ccc2c(c1)CC[C@@H]1[C@@H]2CC[C@]2(C)[C@@H](OCCCOC(C(F)(F)F)(C(F)(F)F)C(F)(F)F)CC[C@@H]12)C1CCSSC1. The molecule has 1 saturated heterocycles. The van der Waals surface area contributed by atoms with Gasteiger partial charge in [0.2, 0.25) is 5.91 Å². The second kappa shape index (κ2) is 18.8. The van der Waals surface area contributed by atoms with Crippen molar-refractivity contribution >= 4 is 27.5 Å². The molecule has 5 nitrogen and oxygen atoms in total. The highest BCUT2D eigenvalue weighted by atomic mass is 33.1. The number of alkyl halides is 9. The van der Waals surface area contributed by atoms with Crippen LogP contribution < -0.4 is 4.74 Å². The van der Waals surface area contributed by atoms with Gasteiger partial charge in [-0.05, 0) is 117 Å². The first-order valence-corrected chi connectivity index (χ1v) is 22.5. The van der Waals surface area contributed by atoms with Crippen molar-refractivity contribution in [2.24, 2.45) is 23.2 Å². The zero-order valence-electron chi connectivity index (χ0n) is 32.4. The van der Waals surface area contributed by atoms with Crippen LogP contribution in [0.1, 0.15) is 115 Å². The van der Waals surface area contributed by atoms with Gasteiger partial charge in [-0.1, -0.05) is 61.3 Å². The van der Waals surface area contributed by atoms with E-state index in [1.807, 2.05) is 27.7 Å². The van der Waals surface area contributed by atoms with E-state index in [1.165, 1.54) is 17.5 Å². The molecule has 3 fully saturated rings. The number of aryl methyl sites for hydroxylation is 1. The standard InChI is InChI=1S/C40H56F9NO4S2/c1-26(2)8-4-5-19-50(28-17-23-55-56-25-28)35(51)9-6-20-52-29-11-13-30-27(24-29)10-12-32-31(30)16-18-36(3)33(32)14-15-34(36)53-21-7-22-54-37(38(41,42)43,39(44,45)46)40(47,48)49/h11,13,24,26,28,31-34H,4-10,12,14-23,25H2,1-3H3/t28?,31-,32-,33+,34+,36+/m1/s1. The number of benzene rings is 1. The summed E-state index contributed by atoms with van der Waals surface area (Å²) in [7, 11) is 3.74. The van der Waals surface area contributed by atoms with E-state index >= 15 is 0 Å². The second-order valence-electron chi connectivity index (χ2n) is 16.6. The molecular weight excluding hydrogens is 794 g/mol. The first kappa shape index (κ1) is 45.6. The monoisotopic (exact) mass is 849 g/mol. The number of carbonyl (C=O) groups excluding carboxylic acids is 1. The van der Waals surface area contributed by atoms with Crippen LogP contribution in [-0.2, 0) is 20.7 Å². The maximum Gasteiger partial charge on any atom is 0.435 e. The number of unbranched alkanes of at least 4 members (excludes halogenated alkanes) is 1. The Morgan fingerprint density at radius 1 is 0.875 bits per heavy atom. The lowest BCUT2D eigenvalue weighted by Gasteiger charge is -2.50. The Kier molecular flexibility index (Phi) is 15.3. The van der Waals surface area contributed by atoms with Gasteiger partial charge in [-0.3, -0.25) is 4.79 Å². The lowest BCUT2D eigenvalue weighted by Crippen LogP contribution is -2.67. The van der Waals surface area contributed by atoms with Gasteiger partial charge in [-0.15, -0.1) is 0 Å². The van der Waals surface area contributed by atoms with Crippen LogP contribution in [0.3, 0.4) is 0 Å². The zero-order valence-corrected chi connectivity index (χ0v) is 34.1. The Hall–Kier alpha value is -1.52. The maximum atomic E-state index is 13.4. The summed E-state index contributed by atoms with van der Waals surface area (Å²) in [5, 5.41) is 0. The molecule has 6 atom stereocenters. The summed E-state index contributed by atoms with van der Waals surface area (Å²) < 4.78 is 135. The molecule has 0 bridgehead atoms. The molecule has 2 saturated carbocycles. The number of amides is 1. The fraction of sp³-hybridized carbons (Fsp3) is 0.825. The Morgan fingerprint density at radius 2 is 1.61 bits per heavy atom. The summed E-state index contributed by atoms with van der Waals surface area (Å²) in [5.74, 6) is 4.70. The van der Waals surface area contributed by atoms with Crippen molar-refractivity contribution in [1.29, 1.82) is 0 Å². The molecule has 1 unspecified atom stereocenters. The summed E-state index contributed by atoms with van der Waals surface area (Å²) in [6.07, 6.45) is -10.6. The van der Waals surface area contributed by atoms with Crippen LogP contribution in [0.15, 0.2) is 18.2 Å². The predicted octanol–water partition coefficient (Wildman–Crippen LogP) is 11.7. The van der Waals surface area contributed by atoms with E-state index in [9.17, 15) is 44.3 Å². The molecule has 16 heteroatoms. The van der Waals surface area contributed by atoms with Crippen molar-refractivity contribution in [3.05, 3.63) is 29.3 Å². The Balaban J connectivity index is 1.09. The van der Waals surface area contributed by atoms with Gasteiger partial charge in [-0.25, -0.2) is 0 Å². The first-order valence-electron chi connectivity index (χ1n) is 20.1. The van der Waals surface area contributed by atoms with Gasteiger partial charge in [0, 0.05) is 37.1 Å². The third kappa shape index (κ3) is 10.1. The molecule has 0 N–H and O–H groups in total. The van der Waals surface area contributed by atoms with E-state index in [4.69, 9.17) is 9.47 Å².